The fourth-order valence-electron chi connectivity index (χ4n) is 1.09. The number of para-hydroxylation sites is 1. The maximum Gasteiger partial charge on any atom is 0.124 e. The quantitative estimate of drug-likeness (QED) is 0.741. The monoisotopic (exact) mass is 165 g/mol. The number of hydrogen-bond acceptors (Lipinski definition) is 2. The van der Waals surface area contributed by atoms with Gasteiger partial charge in [-0.25, -0.2) is 0 Å². The minimum atomic E-state index is -0.541. The molecule has 0 aliphatic rings. The molecule has 0 bridgehead atoms. The molecule has 1 aromatic rings. The summed E-state index contributed by atoms with van der Waals surface area (Å²) in [6.45, 7) is 1.82. The van der Waals surface area contributed by atoms with Gasteiger partial charge in [0.2, 0.25) is 0 Å². The average Bonchev–Trinajstić information content (AvgIpc) is 2.16. The predicted octanol–water partition coefficient (Wildman–Crippen LogP) is 1.95. The lowest BCUT2D eigenvalue weighted by atomic mass is 10.1. The molecule has 0 aliphatic heterocycles. The van der Waals surface area contributed by atoms with E-state index >= 15 is 0 Å². The molecular weight excluding hydrogens is 152 g/mol. The third-order valence-electron chi connectivity index (χ3n) is 1.77. The van der Waals surface area contributed by atoms with Crippen LogP contribution in [0.25, 0.3) is 0 Å². The number of hydrogen-bond donors (Lipinski definition) is 1. The Morgan fingerprint density at radius 1 is 1.42 bits per heavy atom. The SMILES string of the molecule is C[CH]C(O)c1ccccc1OC. The third kappa shape index (κ3) is 1.77. The Balaban J connectivity index is 2.96. The van der Waals surface area contributed by atoms with Crippen LogP contribution in [-0.2, 0) is 0 Å². The molecule has 0 saturated heterocycles. The minimum absolute atomic E-state index is 0.541. The van der Waals surface area contributed by atoms with Crippen LogP contribution in [0.15, 0.2) is 24.3 Å². The van der Waals surface area contributed by atoms with E-state index in [9.17, 15) is 5.11 Å². The van der Waals surface area contributed by atoms with Gasteiger partial charge < -0.3 is 9.84 Å². The van der Waals surface area contributed by atoms with Gasteiger partial charge in [0.25, 0.3) is 0 Å². The Morgan fingerprint density at radius 3 is 2.67 bits per heavy atom. The van der Waals surface area contributed by atoms with Gasteiger partial charge in [-0.1, -0.05) is 25.1 Å². The maximum absolute atomic E-state index is 9.51. The molecule has 0 fully saturated rings. The molecule has 0 heterocycles. The fraction of sp³-hybridized carbons (Fsp3) is 0.300. The average molecular weight is 165 g/mol. The Labute approximate surface area is 72.8 Å². The molecule has 1 N–H and O–H groups in total. The summed E-state index contributed by atoms with van der Waals surface area (Å²) in [6, 6.07) is 7.45. The Bertz CT molecular complexity index is 245. The number of aliphatic hydroxyl groups is 1. The van der Waals surface area contributed by atoms with Crippen LogP contribution in [0.2, 0.25) is 0 Å². The highest BCUT2D eigenvalue weighted by Gasteiger charge is 2.09. The number of aliphatic hydroxyl groups excluding tert-OH is 1. The highest BCUT2D eigenvalue weighted by Crippen LogP contribution is 2.25. The van der Waals surface area contributed by atoms with E-state index in [1.54, 1.807) is 13.5 Å². The molecule has 0 spiro atoms. The first-order valence-corrected chi connectivity index (χ1v) is 3.90. The molecule has 2 heteroatoms. The highest BCUT2D eigenvalue weighted by molar-refractivity contribution is 5.35. The van der Waals surface area contributed by atoms with E-state index < -0.39 is 6.10 Å². The zero-order valence-corrected chi connectivity index (χ0v) is 7.32. The van der Waals surface area contributed by atoms with E-state index in [0.717, 1.165) is 11.3 Å². The van der Waals surface area contributed by atoms with Gasteiger partial charge >= 0.3 is 0 Å². The third-order valence-corrected chi connectivity index (χ3v) is 1.77. The zero-order valence-electron chi connectivity index (χ0n) is 7.32. The highest BCUT2D eigenvalue weighted by atomic mass is 16.5. The molecule has 1 rings (SSSR count). The molecule has 1 atom stereocenters. The normalized spacial score (nSPS) is 12.6. The molecule has 0 amide bonds. The molecule has 2 nitrogen and oxygen atoms in total. The second-order valence-corrected chi connectivity index (χ2v) is 2.52. The van der Waals surface area contributed by atoms with E-state index in [0.29, 0.717) is 0 Å². The molecule has 0 saturated carbocycles. The van der Waals surface area contributed by atoms with E-state index in [-0.39, 0.29) is 0 Å². The van der Waals surface area contributed by atoms with Gasteiger partial charge in [-0.15, -0.1) is 0 Å². The zero-order chi connectivity index (χ0) is 8.97. The molecule has 1 unspecified atom stereocenters. The van der Waals surface area contributed by atoms with Gasteiger partial charge in [-0.3, -0.25) is 0 Å². The van der Waals surface area contributed by atoms with Gasteiger partial charge in [0.1, 0.15) is 5.75 Å². The van der Waals surface area contributed by atoms with Gasteiger partial charge in [0, 0.05) is 5.56 Å². The van der Waals surface area contributed by atoms with Crippen LogP contribution < -0.4 is 4.74 Å². The molecular formula is C10H13O2. The number of ether oxygens (including phenoxy) is 1. The van der Waals surface area contributed by atoms with E-state index in [1.807, 2.05) is 31.2 Å². The van der Waals surface area contributed by atoms with Gasteiger partial charge in [-0.2, -0.15) is 0 Å². The lowest BCUT2D eigenvalue weighted by Crippen LogP contribution is -1.98. The first kappa shape index (κ1) is 9.07. The summed E-state index contributed by atoms with van der Waals surface area (Å²) in [5, 5.41) is 9.51. The largest absolute Gasteiger partial charge is 0.496 e. The topological polar surface area (TPSA) is 29.5 Å². The summed E-state index contributed by atoms with van der Waals surface area (Å²) in [5.41, 5.74) is 0.808. The molecule has 1 aromatic carbocycles. The number of rotatable bonds is 3. The van der Waals surface area contributed by atoms with Gasteiger partial charge in [0.15, 0.2) is 0 Å². The second-order valence-electron chi connectivity index (χ2n) is 2.52. The standard InChI is InChI=1S/C10H13O2/c1-3-9(11)8-6-4-5-7-10(8)12-2/h3-7,9,11H,1-2H3. The van der Waals surface area contributed by atoms with Crippen LogP contribution in [0, 0.1) is 6.42 Å². The Kier molecular flexibility index (Phi) is 3.11. The predicted molar refractivity (Wildman–Crippen MR) is 47.9 cm³/mol. The van der Waals surface area contributed by atoms with Crippen molar-refractivity contribution in [2.45, 2.75) is 13.0 Å². The second kappa shape index (κ2) is 4.12. The van der Waals surface area contributed by atoms with E-state index in [1.165, 1.54) is 0 Å². The van der Waals surface area contributed by atoms with Crippen molar-refractivity contribution >= 4 is 0 Å². The molecule has 1 radical (unpaired) electrons. The summed E-state index contributed by atoms with van der Waals surface area (Å²) < 4.78 is 5.09. The van der Waals surface area contributed by atoms with Crippen LogP contribution >= 0.6 is 0 Å². The van der Waals surface area contributed by atoms with Crippen molar-refractivity contribution in [1.29, 1.82) is 0 Å². The van der Waals surface area contributed by atoms with Crippen LogP contribution in [-0.4, -0.2) is 12.2 Å². The number of methoxy groups -OCH3 is 1. The van der Waals surface area contributed by atoms with Crippen LogP contribution in [0.1, 0.15) is 18.6 Å². The van der Waals surface area contributed by atoms with Gasteiger partial charge in [-0.05, 0) is 12.5 Å². The minimum Gasteiger partial charge on any atom is -0.496 e. The first-order valence-electron chi connectivity index (χ1n) is 3.90. The van der Waals surface area contributed by atoms with Crippen molar-refractivity contribution in [3.8, 4) is 5.75 Å². The Hall–Kier alpha value is -1.02. The van der Waals surface area contributed by atoms with E-state index in [4.69, 9.17) is 4.74 Å². The van der Waals surface area contributed by atoms with Crippen LogP contribution in [0.5, 0.6) is 5.75 Å². The summed E-state index contributed by atoms with van der Waals surface area (Å²) in [7, 11) is 1.60. The fourth-order valence-corrected chi connectivity index (χ4v) is 1.09. The summed E-state index contributed by atoms with van der Waals surface area (Å²) in [4.78, 5) is 0. The van der Waals surface area contributed by atoms with Crippen molar-refractivity contribution < 1.29 is 9.84 Å². The van der Waals surface area contributed by atoms with Gasteiger partial charge in [0.05, 0.1) is 13.2 Å². The maximum atomic E-state index is 9.51. The smallest absolute Gasteiger partial charge is 0.124 e. The summed E-state index contributed by atoms with van der Waals surface area (Å²) >= 11 is 0. The van der Waals surface area contributed by atoms with Crippen molar-refractivity contribution in [2.24, 2.45) is 0 Å². The summed E-state index contributed by atoms with van der Waals surface area (Å²) in [5.74, 6) is 0.725. The molecule has 0 aliphatic carbocycles. The van der Waals surface area contributed by atoms with Crippen molar-refractivity contribution in [3.63, 3.8) is 0 Å². The van der Waals surface area contributed by atoms with Crippen molar-refractivity contribution in [3.05, 3.63) is 36.2 Å². The van der Waals surface area contributed by atoms with E-state index in [2.05, 4.69) is 0 Å². The Morgan fingerprint density at radius 2 is 2.08 bits per heavy atom. The lowest BCUT2D eigenvalue weighted by Gasteiger charge is -2.11. The van der Waals surface area contributed by atoms with Crippen LogP contribution in [0.3, 0.4) is 0 Å². The number of benzene rings is 1. The molecule has 0 aromatic heterocycles. The van der Waals surface area contributed by atoms with Crippen LogP contribution in [0.4, 0.5) is 0 Å². The molecule has 12 heavy (non-hydrogen) atoms. The first-order chi connectivity index (χ1) is 5.79. The lowest BCUT2D eigenvalue weighted by molar-refractivity contribution is 0.207. The van der Waals surface area contributed by atoms with Crippen molar-refractivity contribution in [2.75, 3.05) is 7.11 Å². The molecule has 65 valence electrons. The van der Waals surface area contributed by atoms with Crippen molar-refractivity contribution in [1.82, 2.24) is 0 Å². The summed E-state index contributed by atoms with van der Waals surface area (Å²) in [6.07, 6.45) is 1.18.